The van der Waals surface area contributed by atoms with Crippen LogP contribution in [0.3, 0.4) is 0 Å². The van der Waals surface area contributed by atoms with Crippen LogP contribution < -0.4 is 0 Å². The van der Waals surface area contributed by atoms with Crippen molar-refractivity contribution in [3.63, 3.8) is 0 Å². The van der Waals surface area contributed by atoms with Gasteiger partial charge in [-0.1, -0.05) is 61.7 Å². The van der Waals surface area contributed by atoms with E-state index in [1.165, 1.54) is 11.1 Å². The number of hydrogen-bond donors (Lipinski definition) is 0. The van der Waals surface area contributed by atoms with Crippen LogP contribution >= 0.6 is 0 Å². The van der Waals surface area contributed by atoms with E-state index in [2.05, 4.69) is 25.3 Å². The summed E-state index contributed by atoms with van der Waals surface area (Å²) in [6.07, 6.45) is 3.55. The summed E-state index contributed by atoms with van der Waals surface area (Å²) >= 11 is 0. The van der Waals surface area contributed by atoms with Crippen molar-refractivity contribution in [1.29, 1.82) is 0 Å². The molecule has 2 aromatic carbocycles. The van der Waals surface area contributed by atoms with E-state index in [1.54, 1.807) is 13.0 Å². The lowest BCUT2D eigenvalue weighted by atomic mass is 9.83. The molecule has 0 radical (unpaired) electrons. The molecule has 0 amide bonds. The Morgan fingerprint density at radius 3 is 1.96 bits per heavy atom. The maximum absolute atomic E-state index is 12.3. The maximum atomic E-state index is 12.3. The van der Waals surface area contributed by atoms with Gasteiger partial charge in [0.05, 0.1) is 0 Å². The Hall–Kier alpha value is -2.61. The molecule has 0 unspecified atom stereocenters. The van der Waals surface area contributed by atoms with Crippen LogP contribution in [0, 0.1) is 0 Å². The minimum absolute atomic E-state index is 0.380. The SMILES string of the molecule is C=CC1(OC(=O)C(=C)C)c2ccccc2CCc2ccccc21. The second-order valence-electron chi connectivity index (χ2n) is 5.92. The normalized spacial score (nSPS) is 14.8. The van der Waals surface area contributed by atoms with E-state index in [0.717, 1.165) is 24.0 Å². The fraction of sp³-hybridized carbons (Fsp3) is 0.190. The van der Waals surface area contributed by atoms with Crippen molar-refractivity contribution < 1.29 is 9.53 Å². The van der Waals surface area contributed by atoms with Crippen LogP contribution in [0.5, 0.6) is 0 Å². The zero-order chi connectivity index (χ0) is 16.4. The highest BCUT2D eigenvalue weighted by Gasteiger charge is 2.40. The van der Waals surface area contributed by atoms with Crippen LogP contribution in [-0.4, -0.2) is 5.97 Å². The minimum atomic E-state index is -0.973. The lowest BCUT2D eigenvalue weighted by Gasteiger charge is -2.33. The first-order valence-corrected chi connectivity index (χ1v) is 7.77. The van der Waals surface area contributed by atoms with E-state index < -0.39 is 11.6 Å². The molecular weight excluding hydrogens is 284 g/mol. The number of carbonyl (C=O) groups is 1. The van der Waals surface area contributed by atoms with Gasteiger partial charge in [0.2, 0.25) is 0 Å². The summed E-state index contributed by atoms with van der Waals surface area (Å²) in [6.45, 7) is 9.37. The smallest absolute Gasteiger partial charge is 0.334 e. The molecule has 2 nitrogen and oxygen atoms in total. The molecule has 0 aliphatic heterocycles. The van der Waals surface area contributed by atoms with Crippen LogP contribution in [0.2, 0.25) is 0 Å². The molecular formula is C21H20O2. The van der Waals surface area contributed by atoms with E-state index in [0.29, 0.717) is 5.57 Å². The van der Waals surface area contributed by atoms with Gasteiger partial charge in [0.25, 0.3) is 0 Å². The average molecular weight is 304 g/mol. The summed E-state index contributed by atoms with van der Waals surface area (Å²) < 4.78 is 5.97. The standard InChI is InChI=1S/C21H20O2/c1-4-21(23-20(22)15(2)3)18-11-7-5-9-16(18)13-14-17-10-6-8-12-19(17)21/h4-12H,1-2,13-14H2,3H3. The average Bonchev–Trinajstić information content (AvgIpc) is 2.71. The van der Waals surface area contributed by atoms with Gasteiger partial charge in [-0.3, -0.25) is 0 Å². The highest BCUT2D eigenvalue weighted by molar-refractivity contribution is 5.88. The number of aryl methyl sites for hydroxylation is 2. The van der Waals surface area contributed by atoms with E-state index in [1.807, 2.05) is 36.4 Å². The molecule has 0 saturated carbocycles. The zero-order valence-electron chi connectivity index (χ0n) is 13.3. The molecule has 116 valence electrons. The van der Waals surface area contributed by atoms with Gasteiger partial charge in [0.15, 0.2) is 5.60 Å². The molecule has 2 heteroatoms. The molecule has 0 bridgehead atoms. The Bertz CT molecular complexity index is 738. The Morgan fingerprint density at radius 1 is 1.04 bits per heavy atom. The highest BCUT2D eigenvalue weighted by atomic mass is 16.6. The number of ether oxygens (including phenoxy) is 1. The van der Waals surface area contributed by atoms with E-state index in [4.69, 9.17) is 4.74 Å². The number of benzene rings is 2. The molecule has 23 heavy (non-hydrogen) atoms. The van der Waals surface area contributed by atoms with Crippen LogP contribution in [0.1, 0.15) is 29.2 Å². The molecule has 0 heterocycles. The van der Waals surface area contributed by atoms with E-state index in [9.17, 15) is 4.79 Å². The third kappa shape index (κ3) is 2.50. The van der Waals surface area contributed by atoms with Crippen molar-refractivity contribution in [3.8, 4) is 0 Å². The van der Waals surface area contributed by atoms with Crippen molar-refractivity contribution in [1.82, 2.24) is 0 Å². The molecule has 0 saturated heterocycles. The minimum Gasteiger partial charge on any atom is -0.442 e. The fourth-order valence-electron chi connectivity index (χ4n) is 3.22. The lowest BCUT2D eigenvalue weighted by molar-refractivity contribution is -0.147. The first kappa shape index (κ1) is 15.3. The summed E-state index contributed by atoms with van der Waals surface area (Å²) in [7, 11) is 0. The first-order valence-electron chi connectivity index (χ1n) is 7.77. The predicted octanol–water partition coefficient (Wildman–Crippen LogP) is 4.33. The fourth-order valence-corrected chi connectivity index (χ4v) is 3.22. The van der Waals surface area contributed by atoms with Gasteiger partial charge >= 0.3 is 5.97 Å². The number of carbonyl (C=O) groups excluding carboxylic acids is 1. The van der Waals surface area contributed by atoms with E-state index >= 15 is 0 Å². The second-order valence-corrected chi connectivity index (χ2v) is 5.92. The van der Waals surface area contributed by atoms with Crippen LogP contribution in [0.15, 0.2) is 73.3 Å². The molecule has 1 aliphatic carbocycles. The highest BCUT2D eigenvalue weighted by Crippen LogP contribution is 2.42. The Balaban J connectivity index is 2.29. The summed E-state index contributed by atoms with van der Waals surface area (Å²) in [5.41, 5.74) is 3.73. The molecule has 0 atom stereocenters. The molecule has 0 spiro atoms. The summed E-state index contributed by atoms with van der Waals surface area (Å²) in [5, 5.41) is 0. The largest absolute Gasteiger partial charge is 0.442 e. The van der Waals surface area contributed by atoms with Gasteiger partial charge in [-0.2, -0.15) is 0 Å². The first-order chi connectivity index (χ1) is 11.1. The predicted molar refractivity (Wildman–Crippen MR) is 92.2 cm³/mol. The van der Waals surface area contributed by atoms with Gasteiger partial charge in [0.1, 0.15) is 0 Å². The lowest BCUT2D eigenvalue weighted by Crippen LogP contribution is -2.33. The molecule has 0 N–H and O–H groups in total. The molecule has 3 rings (SSSR count). The number of rotatable bonds is 3. The third-order valence-corrected chi connectivity index (χ3v) is 4.39. The summed E-state index contributed by atoms with van der Waals surface area (Å²) in [4.78, 5) is 12.3. The van der Waals surface area contributed by atoms with Gasteiger partial charge in [0, 0.05) is 16.7 Å². The van der Waals surface area contributed by atoms with Gasteiger partial charge in [-0.05, 0) is 37.0 Å². The Labute approximate surface area is 137 Å². The topological polar surface area (TPSA) is 26.3 Å². The number of esters is 1. The molecule has 1 aliphatic rings. The van der Waals surface area contributed by atoms with Crippen LogP contribution in [-0.2, 0) is 28.0 Å². The third-order valence-electron chi connectivity index (χ3n) is 4.39. The molecule has 0 aromatic heterocycles. The monoisotopic (exact) mass is 304 g/mol. The van der Waals surface area contributed by atoms with Gasteiger partial charge in [-0.15, -0.1) is 0 Å². The van der Waals surface area contributed by atoms with Gasteiger partial charge in [-0.25, -0.2) is 4.79 Å². The summed E-state index contributed by atoms with van der Waals surface area (Å²) in [5.74, 6) is -0.406. The molecule has 0 fully saturated rings. The number of fused-ring (bicyclic) bond motifs is 2. The summed E-state index contributed by atoms with van der Waals surface area (Å²) in [6, 6.07) is 16.2. The van der Waals surface area contributed by atoms with Crippen molar-refractivity contribution in [2.24, 2.45) is 0 Å². The molecule has 2 aromatic rings. The quantitative estimate of drug-likeness (QED) is 0.479. The number of hydrogen-bond acceptors (Lipinski definition) is 2. The maximum Gasteiger partial charge on any atom is 0.334 e. The van der Waals surface area contributed by atoms with Crippen molar-refractivity contribution >= 4 is 5.97 Å². The van der Waals surface area contributed by atoms with Crippen molar-refractivity contribution in [2.75, 3.05) is 0 Å². The second kappa shape index (κ2) is 5.88. The van der Waals surface area contributed by atoms with Crippen LogP contribution in [0.25, 0.3) is 0 Å². The Morgan fingerprint density at radius 2 is 1.52 bits per heavy atom. The van der Waals surface area contributed by atoms with E-state index in [-0.39, 0.29) is 0 Å². The Kier molecular flexibility index (Phi) is 3.91. The van der Waals surface area contributed by atoms with Crippen molar-refractivity contribution in [3.05, 3.63) is 95.6 Å². The van der Waals surface area contributed by atoms with Gasteiger partial charge < -0.3 is 4.74 Å². The van der Waals surface area contributed by atoms with Crippen molar-refractivity contribution in [2.45, 2.75) is 25.4 Å². The van der Waals surface area contributed by atoms with Crippen LogP contribution in [0.4, 0.5) is 0 Å². The zero-order valence-corrected chi connectivity index (χ0v) is 13.3.